The zero-order valence-corrected chi connectivity index (χ0v) is 11.8. The molecule has 1 heterocycles. The van der Waals surface area contributed by atoms with Crippen molar-refractivity contribution in [2.24, 2.45) is 0 Å². The summed E-state index contributed by atoms with van der Waals surface area (Å²) in [4.78, 5) is 8.57. The molecule has 0 aliphatic heterocycles. The molecule has 4 nitrogen and oxygen atoms in total. The molecule has 0 amide bonds. The summed E-state index contributed by atoms with van der Waals surface area (Å²) < 4.78 is 0. The molecule has 0 atom stereocenters. The molecule has 0 saturated carbocycles. The Hall–Kier alpha value is -2.88. The van der Waals surface area contributed by atoms with Crippen molar-refractivity contribution in [3.63, 3.8) is 0 Å². The first-order valence-electron chi connectivity index (χ1n) is 6.67. The van der Waals surface area contributed by atoms with E-state index in [0.717, 1.165) is 33.5 Å². The lowest BCUT2D eigenvalue weighted by Gasteiger charge is -2.10. The molecule has 21 heavy (non-hydrogen) atoms. The predicted molar refractivity (Wildman–Crippen MR) is 88.4 cm³/mol. The van der Waals surface area contributed by atoms with Gasteiger partial charge < -0.3 is 11.1 Å². The highest BCUT2D eigenvalue weighted by Gasteiger charge is 2.05. The lowest BCUT2D eigenvalue weighted by Crippen LogP contribution is -1.97. The summed E-state index contributed by atoms with van der Waals surface area (Å²) in [6.45, 7) is 5.95. The van der Waals surface area contributed by atoms with Gasteiger partial charge in [-0.05, 0) is 42.8 Å². The van der Waals surface area contributed by atoms with Crippen molar-refractivity contribution in [3.05, 3.63) is 60.9 Å². The molecular weight excluding hydrogens is 260 g/mol. The van der Waals surface area contributed by atoms with E-state index in [9.17, 15) is 0 Å². The van der Waals surface area contributed by atoms with Gasteiger partial charge in [0, 0.05) is 16.8 Å². The van der Waals surface area contributed by atoms with E-state index in [1.54, 1.807) is 6.33 Å². The first kappa shape index (κ1) is 13.1. The average molecular weight is 276 g/mol. The van der Waals surface area contributed by atoms with Gasteiger partial charge in [-0.25, -0.2) is 9.97 Å². The van der Waals surface area contributed by atoms with Crippen molar-refractivity contribution in [1.82, 2.24) is 9.97 Å². The third kappa shape index (κ3) is 2.69. The Morgan fingerprint density at radius 1 is 1.14 bits per heavy atom. The largest absolute Gasteiger partial charge is 0.399 e. The highest BCUT2D eigenvalue weighted by molar-refractivity contribution is 5.92. The molecule has 0 aliphatic rings. The number of nitrogens with zero attached hydrogens (tertiary/aromatic N) is 2. The molecule has 104 valence electrons. The zero-order valence-electron chi connectivity index (χ0n) is 11.8. The normalized spacial score (nSPS) is 10.5. The summed E-state index contributed by atoms with van der Waals surface area (Å²) in [6.07, 6.45) is 1.55. The summed E-state index contributed by atoms with van der Waals surface area (Å²) in [7, 11) is 0. The maximum absolute atomic E-state index is 5.86. The number of benzene rings is 2. The maximum Gasteiger partial charge on any atom is 0.141 e. The Morgan fingerprint density at radius 3 is 2.81 bits per heavy atom. The molecule has 0 fully saturated rings. The Morgan fingerprint density at radius 2 is 2.00 bits per heavy atom. The van der Waals surface area contributed by atoms with Crippen LogP contribution in [0.5, 0.6) is 0 Å². The van der Waals surface area contributed by atoms with Crippen LogP contribution in [-0.2, 0) is 0 Å². The fraction of sp³-hybridized carbons (Fsp3) is 0.0588. The molecule has 0 saturated heterocycles. The Labute approximate surface area is 123 Å². The highest BCUT2D eigenvalue weighted by Crippen LogP contribution is 2.26. The second-order valence-corrected chi connectivity index (χ2v) is 4.98. The smallest absolute Gasteiger partial charge is 0.141 e. The number of allylic oxidation sites excluding steroid dienone is 1. The van der Waals surface area contributed by atoms with Crippen molar-refractivity contribution in [1.29, 1.82) is 0 Å². The van der Waals surface area contributed by atoms with Crippen LogP contribution in [0.2, 0.25) is 0 Å². The standard InChI is InChI=1S/C17H16N4/c1-11(2)12-4-3-5-14(8-12)21-17-15-9-13(18)6-7-16(15)19-10-20-17/h3-10H,1,18H2,2H3,(H,19,20,21). The van der Waals surface area contributed by atoms with Gasteiger partial charge in [0.25, 0.3) is 0 Å². The van der Waals surface area contributed by atoms with E-state index in [1.165, 1.54) is 0 Å². The van der Waals surface area contributed by atoms with Crippen molar-refractivity contribution in [3.8, 4) is 0 Å². The van der Waals surface area contributed by atoms with Crippen LogP contribution in [0.3, 0.4) is 0 Å². The predicted octanol–water partition coefficient (Wildman–Crippen LogP) is 3.99. The van der Waals surface area contributed by atoms with Crippen LogP contribution >= 0.6 is 0 Å². The number of nitrogens with two attached hydrogens (primary N) is 1. The molecule has 4 heteroatoms. The lowest BCUT2D eigenvalue weighted by atomic mass is 10.1. The van der Waals surface area contributed by atoms with Crippen LogP contribution in [0.15, 0.2) is 55.4 Å². The number of hydrogen-bond acceptors (Lipinski definition) is 4. The molecule has 3 rings (SSSR count). The van der Waals surface area contributed by atoms with E-state index >= 15 is 0 Å². The van der Waals surface area contributed by atoms with E-state index in [-0.39, 0.29) is 0 Å². The molecule has 1 aromatic heterocycles. The summed E-state index contributed by atoms with van der Waals surface area (Å²) in [5.74, 6) is 0.742. The summed E-state index contributed by atoms with van der Waals surface area (Å²) >= 11 is 0. The third-order valence-corrected chi connectivity index (χ3v) is 3.28. The molecule has 0 aliphatic carbocycles. The Bertz CT molecular complexity index is 824. The van der Waals surface area contributed by atoms with Crippen molar-refractivity contribution in [2.45, 2.75) is 6.92 Å². The molecule has 3 aromatic rings. The average Bonchev–Trinajstić information content (AvgIpc) is 2.48. The summed E-state index contributed by atoms with van der Waals surface area (Å²) in [5, 5.41) is 4.22. The Kier molecular flexibility index (Phi) is 3.28. The maximum atomic E-state index is 5.86. The molecule has 0 unspecified atom stereocenters. The van der Waals surface area contributed by atoms with Crippen LogP contribution in [0.1, 0.15) is 12.5 Å². The number of nitrogens with one attached hydrogen (secondary N) is 1. The molecule has 0 radical (unpaired) electrons. The lowest BCUT2D eigenvalue weighted by molar-refractivity contribution is 1.22. The number of nitrogen functional groups attached to an aromatic ring is 1. The molecular formula is C17H16N4. The van der Waals surface area contributed by atoms with Crippen LogP contribution in [0.25, 0.3) is 16.5 Å². The van der Waals surface area contributed by atoms with E-state index < -0.39 is 0 Å². The van der Waals surface area contributed by atoms with Gasteiger partial charge in [0.15, 0.2) is 0 Å². The summed E-state index contributed by atoms with van der Waals surface area (Å²) in [6, 6.07) is 13.7. The fourth-order valence-electron chi connectivity index (χ4n) is 2.17. The van der Waals surface area contributed by atoms with Crippen molar-refractivity contribution in [2.75, 3.05) is 11.1 Å². The van der Waals surface area contributed by atoms with E-state index in [2.05, 4.69) is 21.9 Å². The van der Waals surface area contributed by atoms with Gasteiger partial charge >= 0.3 is 0 Å². The van der Waals surface area contributed by atoms with Gasteiger partial charge in [-0.1, -0.05) is 24.3 Å². The van der Waals surface area contributed by atoms with E-state index in [4.69, 9.17) is 5.73 Å². The minimum Gasteiger partial charge on any atom is -0.399 e. The minimum atomic E-state index is 0.691. The molecule has 3 N–H and O–H groups in total. The second kappa shape index (κ2) is 5.25. The van der Waals surface area contributed by atoms with E-state index in [1.807, 2.05) is 49.4 Å². The number of anilines is 3. The van der Waals surface area contributed by atoms with Crippen molar-refractivity contribution >= 4 is 33.7 Å². The highest BCUT2D eigenvalue weighted by atomic mass is 15.0. The van der Waals surface area contributed by atoms with Crippen LogP contribution in [-0.4, -0.2) is 9.97 Å². The SMILES string of the molecule is C=C(C)c1cccc(Nc2ncnc3ccc(N)cc23)c1. The van der Waals surface area contributed by atoms with Crippen molar-refractivity contribution < 1.29 is 0 Å². The first-order chi connectivity index (χ1) is 10.1. The number of rotatable bonds is 3. The van der Waals surface area contributed by atoms with Gasteiger partial charge in [-0.2, -0.15) is 0 Å². The summed E-state index contributed by atoms with van der Waals surface area (Å²) in [5.41, 5.74) is 10.5. The molecule has 0 spiro atoms. The first-order valence-corrected chi connectivity index (χ1v) is 6.67. The number of aromatic nitrogens is 2. The van der Waals surface area contributed by atoms with Gasteiger partial charge in [0.2, 0.25) is 0 Å². The number of fused-ring (bicyclic) bond motifs is 1. The van der Waals surface area contributed by atoms with Gasteiger partial charge in [0.1, 0.15) is 12.1 Å². The third-order valence-electron chi connectivity index (χ3n) is 3.28. The second-order valence-electron chi connectivity index (χ2n) is 4.98. The Balaban J connectivity index is 2.04. The monoisotopic (exact) mass is 276 g/mol. The van der Waals surface area contributed by atoms with E-state index in [0.29, 0.717) is 5.69 Å². The molecule has 2 aromatic carbocycles. The van der Waals surface area contributed by atoms with Gasteiger partial charge in [-0.3, -0.25) is 0 Å². The van der Waals surface area contributed by atoms with Gasteiger partial charge in [0.05, 0.1) is 5.52 Å². The number of hydrogen-bond donors (Lipinski definition) is 2. The molecule has 0 bridgehead atoms. The quantitative estimate of drug-likeness (QED) is 0.710. The topological polar surface area (TPSA) is 63.8 Å². The van der Waals surface area contributed by atoms with Crippen LogP contribution in [0, 0.1) is 0 Å². The van der Waals surface area contributed by atoms with Gasteiger partial charge in [-0.15, -0.1) is 0 Å². The minimum absolute atomic E-state index is 0.691. The van der Waals surface area contributed by atoms with Crippen LogP contribution < -0.4 is 11.1 Å². The fourth-order valence-corrected chi connectivity index (χ4v) is 2.17. The zero-order chi connectivity index (χ0) is 14.8. The van der Waals surface area contributed by atoms with Crippen LogP contribution in [0.4, 0.5) is 17.2 Å².